The maximum absolute atomic E-state index is 11.5. The van der Waals surface area contributed by atoms with E-state index in [2.05, 4.69) is 10.6 Å². The summed E-state index contributed by atoms with van der Waals surface area (Å²) in [7, 11) is 0. The number of aliphatic hydroxyl groups excluding tert-OH is 1. The van der Waals surface area contributed by atoms with Gasteiger partial charge in [0.1, 0.15) is 0 Å². The fraction of sp³-hybridized carbons (Fsp3) is 0.923. The molecule has 0 aromatic carbocycles. The topological polar surface area (TPSA) is 70.6 Å². The lowest BCUT2D eigenvalue weighted by atomic mass is 10.1. The number of hydrogen-bond donors (Lipinski definition) is 3. The van der Waals surface area contributed by atoms with Crippen LogP contribution < -0.4 is 10.6 Å². The fourth-order valence-electron chi connectivity index (χ4n) is 1.31. The standard InChI is InChI=1S/C13H28N2O3/c1-10(2)18-9-11(16)8-14-7-6-12(17)15-13(3,4)5/h10-11,14,16H,6-9H2,1-5H3,(H,15,17). The SMILES string of the molecule is CC(C)OCC(O)CNCCC(=O)NC(C)(C)C. The molecule has 0 rings (SSSR count). The van der Waals surface area contributed by atoms with Gasteiger partial charge in [0, 0.05) is 25.0 Å². The van der Waals surface area contributed by atoms with Crippen molar-refractivity contribution in [1.82, 2.24) is 10.6 Å². The first-order valence-corrected chi connectivity index (χ1v) is 6.52. The lowest BCUT2D eigenvalue weighted by molar-refractivity contribution is -0.122. The Hall–Kier alpha value is -0.650. The third-order valence-corrected chi connectivity index (χ3v) is 2.05. The summed E-state index contributed by atoms with van der Waals surface area (Å²) in [4.78, 5) is 11.5. The second-order valence-electron chi connectivity index (χ2n) is 5.79. The third-order valence-electron chi connectivity index (χ3n) is 2.05. The van der Waals surface area contributed by atoms with E-state index in [-0.39, 0.29) is 17.6 Å². The molecule has 0 aromatic heterocycles. The average molecular weight is 260 g/mol. The number of carbonyl (C=O) groups excluding carboxylic acids is 1. The molecule has 0 radical (unpaired) electrons. The zero-order chi connectivity index (χ0) is 14.2. The van der Waals surface area contributed by atoms with E-state index in [1.54, 1.807) is 0 Å². The van der Waals surface area contributed by atoms with Crippen LogP contribution in [0.3, 0.4) is 0 Å². The van der Waals surface area contributed by atoms with Crippen LogP contribution >= 0.6 is 0 Å². The van der Waals surface area contributed by atoms with Crippen LogP contribution in [0.4, 0.5) is 0 Å². The van der Waals surface area contributed by atoms with Crippen molar-refractivity contribution in [3.8, 4) is 0 Å². The largest absolute Gasteiger partial charge is 0.389 e. The van der Waals surface area contributed by atoms with Crippen molar-refractivity contribution < 1.29 is 14.6 Å². The highest BCUT2D eigenvalue weighted by Crippen LogP contribution is 1.98. The van der Waals surface area contributed by atoms with E-state index in [9.17, 15) is 9.90 Å². The fourth-order valence-corrected chi connectivity index (χ4v) is 1.31. The molecule has 0 saturated heterocycles. The van der Waals surface area contributed by atoms with Crippen LogP contribution in [0.5, 0.6) is 0 Å². The van der Waals surface area contributed by atoms with Gasteiger partial charge in [-0.15, -0.1) is 0 Å². The summed E-state index contributed by atoms with van der Waals surface area (Å²) in [6.45, 7) is 11.0. The van der Waals surface area contributed by atoms with Crippen molar-refractivity contribution in [3.05, 3.63) is 0 Å². The van der Waals surface area contributed by atoms with Crippen LogP contribution in [0.1, 0.15) is 41.0 Å². The van der Waals surface area contributed by atoms with Gasteiger partial charge >= 0.3 is 0 Å². The van der Waals surface area contributed by atoms with Gasteiger partial charge in [-0.25, -0.2) is 0 Å². The van der Waals surface area contributed by atoms with Crippen molar-refractivity contribution in [2.45, 2.75) is 58.8 Å². The summed E-state index contributed by atoms with van der Waals surface area (Å²) >= 11 is 0. The lowest BCUT2D eigenvalue weighted by Crippen LogP contribution is -2.42. The van der Waals surface area contributed by atoms with Crippen molar-refractivity contribution in [2.24, 2.45) is 0 Å². The maximum Gasteiger partial charge on any atom is 0.221 e. The van der Waals surface area contributed by atoms with Gasteiger partial charge in [0.05, 0.1) is 18.8 Å². The van der Waals surface area contributed by atoms with Gasteiger partial charge in [-0.05, 0) is 34.6 Å². The van der Waals surface area contributed by atoms with Crippen LogP contribution in [0.2, 0.25) is 0 Å². The molecule has 0 aromatic rings. The molecule has 1 unspecified atom stereocenters. The van der Waals surface area contributed by atoms with Crippen LogP contribution in [0, 0.1) is 0 Å². The maximum atomic E-state index is 11.5. The van der Waals surface area contributed by atoms with Crippen LogP contribution in [-0.2, 0) is 9.53 Å². The Morgan fingerprint density at radius 1 is 1.33 bits per heavy atom. The van der Waals surface area contributed by atoms with E-state index in [4.69, 9.17) is 4.74 Å². The Labute approximate surface area is 110 Å². The Balaban J connectivity index is 3.52. The van der Waals surface area contributed by atoms with Crippen LogP contribution in [-0.4, -0.2) is 48.5 Å². The van der Waals surface area contributed by atoms with Crippen molar-refractivity contribution in [2.75, 3.05) is 19.7 Å². The number of aliphatic hydroxyl groups is 1. The molecule has 0 heterocycles. The molecular weight excluding hydrogens is 232 g/mol. The first-order chi connectivity index (χ1) is 8.20. The summed E-state index contributed by atoms with van der Waals surface area (Å²) < 4.78 is 5.28. The Kier molecular flexibility index (Phi) is 8.15. The number of rotatable bonds is 8. The molecule has 108 valence electrons. The van der Waals surface area contributed by atoms with E-state index < -0.39 is 6.10 Å². The molecule has 18 heavy (non-hydrogen) atoms. The Bertz CT molecular complexity index is 237. The minimum atomic E-state index is -0.530. The van der Waals surface area contributed by atoms with Crippen LogP contribution in [0.15, 0.2) is 0 Å². The Morgan fingerprint density at radius 2 is 1.94 bits per heavy atom. The second kappa shape index (κ2) is 8.45. The predicted octanol–water partition coefficient (Wildman–Crippen LogP) is 0.667. The number of carbonyl (C=O) groups is 1. The van der Waals surface area contributed by atoms with Gasteiger partial charge in [-0.1, -0.05) is 0 Å². The molecular formula is C13H28N2O3. The number of amides is 1. The molecule has 0 saturated carbocycles. The van der Waals surface area contributed by atoms with Gasteiger partial charge < -0.3 is 20.5 Å². The molecule has 5 heteroatoms. The molecule has 0 spiro atoms. The van der Waals surface area contributed by atoms with Crippen molar-refractivity contribution in [1.29, 1.82) is 0 Å². The Morgan fingerprint density at radius 3 is 2.44 bits per heavy atom. The van der Waals surface area contributed by atoms with Gasteiger partial charge in [-0.2, -0.15) is 0 Å². The summed E-state index contributed by atoms with van der Waals surface area (Å²) in [6, 6.07) is 0. The number of hydrogen-bond acceptors (Lipinski definition) is 4. The number of nitrogens with one attached hydrogen (secondary N) is 2. The third kappa shape index (κ3) is 11.8. The molecule has 1 amide bonds. The predicted molar refractivity (Wildman–Crippen MR) is 72.5 cm³/mol. The zero-order valence-corrected chi connectivity index (χ0v) is 12.2. The monoisotopic (exact) mass is 260 g/mol. The zero-order valence-electron chi connectivity index (χ0n) is 12.2. The summed E-state index contributed by atoms with van der Waals surface area (Å²) in [5.74, 6) is 0.0166. The number of ether oxygens (including phenoxy) is 1. The van der Waals surface area contributed by atoms with Gasteiger partial charge in [0.2, 0.25) is 5.91 Å². The van der Waals surface area contributed by atoms with Gasteiger partial charge in [-0.3, -0.25) is 4.79 Å². The molecule has 0 fully saturated rings. The summed E-state index contributed by atoms with van der Waals surface area (Å²) in [6.07, 6.45) is 0.00460. The van der Waals surface area contributed by atoms with Crippen LogP contribution in [0.25, 0.3) is 0 Å². The molecule has 3 N–H and O–H groups in total. The van der Waals surface area contributed by atoms with Gasteiger partial charge in [0.15, 0.2) is 0 Å². The highest BCUT2D eigenvalue weighted by molar-refractivity contribution is 5.76. The minimum absolute atomic E-state index is 0.0166. The average Bonchev–Trinajstić information content (AvgIpc) is 2.19. The quantitative estimate of drug-likeness (QED) is 0.561. The van der Waals surface area contributed by atoms with Crippen molar-refractivity contribution in [3.63, 3.8) is 0 Å². The van der Waals surface area contributed by atoms with E-state index in [1.807, 2.05) is 34.6 Å². The first kappa shape index (κ1) is 17.4. The molecule has 5 nitrogen and oxygen atoms in total. The van der Waals surface area contributed by atoms with E-state index in [0.29, 0.717) is 26.1 Å². The second-order valence-corrected chi connectivity index (χ2v) is 5.79. The molecule has 0 aliphatic rings. The molecule has 0 bridgehead atoms. The smallest absolute Gasteiger partial charge is 0.221 e. The summed E-state index contributed by atoms with van der Waals surface area (Å²) in [5.41, 5.74) is -0.193. The summed E-state index contributed by atoms with van der Waals surface area (Å²) in [5, 5.41) is 15.5. The normalized spacial score (nSPS) is 13.7. The minimum Gasteiger partial charge on any atom is -0.389 e. The van der Waals surface area contributed by atoms with E-state index in [0.717, 1.165) is 0 Å². The molecule has 0 aliphatic carbocycles. The highest BCUT2D eigenvalue weighted by Gasteiger charge is 2.13. The molecule has 0 aliphatic heterocycles. The highest BCUT2D eigenvalue weighted by atomic mass is 16.5. The first-order valence-electron chi connectivity index (χ1n) is 6.52. The van der Waals surface area contributed by atoms with E-state index in [1.165, 1.54) is 0 Å². The molecule has 1 atom stereocenters. The lowest BCUT2D eigenvalue weighted by Gasteiger charge is -2.20. The van der Waals surface area contributed by atoms with Crippen molar-refractivity contribution >= 4 is 5.91 Å². The van der Waals surface area contributed by atoms with Gasteiger partial charge in [0.25, 0.3) is 0 Å². The van der Waals surface area contributed by atoms with E-state index >= 15 is 0 Å².